The summed E-state index contributed by atoms with van der Waals surface area (Å²) in [5.74, 6) is -0.151. The molecule has 2 aromatic rings. The van der Waals surface area contributed by atoms with Crippen molar-refractivity contribution in [1.82, 2.24) is 19.5 Å². The molecule has 0 spiro atoms. The number of anilines is 1. The molecule has 0 radical (unpaired) electrons. The zero-order valence-corrected chi connectivity index (χ0v) is 10.2. The van der Waals surface area contributed by atoms with Gasteiger partial charge in [0.15, 0.2) is 17.4 Å². The number of nitrogens with two attached hydrogens (primary N) is 1. The van der Waals surface area contributed by atoms with E-state index in [0.29, 0.717) is 0 Å². The van der Waals surface area contributed by atoms with Crippen molar-refractivity contribution in [3.8, 4) is 0 Å². The molecule has 2 aromatic heterocycles. The number of ether oxygens (including phenoxy) is 1. The lowest BCUT2D eigenvalue weighted by Gasteiger charge is -2.15. The van der Waals surface area contributed by atoms with Crippen LogP contribution in [0.1, 0.15) is 12.6 Å². The maximum absolute atomic E-state index is 11.9. The van der Waals surface area contributed by atoms with Gasteiger partial charge in [-0.3, -0.25) is 14.8 Å². The van der Waals surface area contributed by atoms with Gasteiger partial charge >= 0.3 is 5.69 Å². The Labute approximate surface area is 110 Å². The molecule has 108 valence electrons. The average molecular weight is 283 g/mol. The predicted octanol–water partition coefficient (Wildman–Crippen LogP) is -2.36. The molecule has 1 saturated heterocycles. The first-order valence-electron chi connectivity index (χ1n) is 5.95. The van der Waals surface area contributed by atoms with E-state index in [2.05, 4.69) is 15.0 Å². The first-order chi connectivity index (χ1) is 9.51. The van der Waals surface area contributed by atoms with Crippen LogP contribution in [0.15, 0.2) is 9.59 Å². The van der Waals surface area contributed by atoms with Crippen LogP contribution in [0, 0.1) is 0 Å². The second-order valence-electron chi connectivity index (χ2n) is 4.58. The van der Waals surface area contributed by atoms with Crippen molar-refractivity contribution in [2.24, 2.45) is 0 Å². The van der Waals surface area contributed by atoms with Crippen molar-refractivity contribution in [1.29, 1.82) is 0 Å². The third-order valence-electron chi connectivity index (χ3n) is 3.22. The Morgan fingerprint density at radius 1 is 1.45 bits per heavy atom. The minimum absolute atomic E-state index is 0.00103. The van der Waals surface area contributed by atoms with Gasteiger partial charge < -0.3 is 20.7 Å². The monoisotopic (exact) mass is 283 g/mol. The highest BCUT2D eigenvalue weighted by Crippen LogP contribution is 2.29. The molecule has 3 rings (SSSR count). The number of aromatic amines is 2. The Morgan fingerprint density at radius 2 is 2.20 bits per heavy atom. The number of H-pyrrole nitrogens is 2. The summed E-state index contributed by atoms with van der Waals surface area (Å²) in [6.45, 7) is -0.277. The van der Waals surface area contributed by atoms with Crippen molar-refractivity contribution in [3.05, 3.63) is 20.8 Å². The number of nitrogens with one attached hydrogen (secondary N) is 2. The molecule has 20 heavy (non-hydrogen) atoms. The Kier molecular flexibility index (Phi) is 2.85. The highest BCUT2D eigenvalue weighted by atomic mass is 16.5. The van der Waals surface area contributed by atoms with Gasteiger partial charge in [0.25, 0.3) is 5.56 Å². The fourth-order valence-electron chi connectivity index (χ4n) is 2.34. The lowest BCUT2D eigenvalue weighted by atomic mass is 10.2. The van der Waals surface area contributed by atoms with Gasteiger partial charge in [-0.25, -0.2) is 9.36 Å². The minimum atomic E-state index is -1.03. The van der Waals surface area contributed by atoms with Crippen LogP contribution in [0.4, 0.5) is 5.95 Å². The third kappa shape index (κ3) is 1.81. The fraction of sp³-hybridized carbons (Fsp3) is 0.500. The van der Waals surface area contributed by atoms with Crippen LogP contribution in [-0.2, 0) is 4.74 Å². The number of imidazole rings is 1. The van der Waals surface area contributed by atoms with Crippen LogP contribution < -0.4 is 17.0 Å². The summed E-state index contributed by atoms with van der Waals surface area (Å²) in [7, 11) is 0. The Hall–Kier alpha value is -2.17. The van der Waals surface area contributed by atoms with Gasteiger partial charge in [0.05, 0.1) is 12.7 Å². The number of aliphatic hydroxyl groups excluding tert-OH is 2. The predicted molar refractivity (Wildman–Crippen MR) is 67.0 cm³/mol. The smallest absolute Gasteiger partial charge is 0.330 e. The van der Waals surface area contributed by atoms with E-state index in [1.54, 1.807) is 0 Å². The quantitative estimate of drug-likeness (QED) is 0.412. The van der Waals surface area contributed by atoms with Crippen LogP contribution in [0.2, 0.25) is 0 Å². The van der Waals surface area contributed by atoms with Gasteiger partial charge in [-0.2, -0.15) is 4.98 Å². The second-order valence-corrected chi connectivity index (χ2v) is 4.58. The Bertz CT molecular complexity index is 761. The van der Waals surface area contributed by atoms with E-state index in [1.807, 2.05) is 0 Å². The molecule has 1 fully saturated rings. The molecule has 0 aromatic carbocycles. The fourth-order valence-corrected chi connectivity index (χ4v) is 2.34. The normalized spacial score (nSPS) is 26.4. The molecule has 0 saturated carbocycles. The summed E-state index contributed by atoms with van der Waals surface area (Å²) in [5, 5.41) is 19.0. The van der Waals surface area contributed by atoms with Crippen LogP contribution in [-0.4, -0.2) is 48.5 Å². The summed E-state index contributed by atoms with van der Waals surface area (Å²) in [4.78, 5) is 32.1. The Balaban J connectivity index is 2.19. The standard InChI is InChI=1S/C10H13N5O5/c11-9-13-6-5(7(18)14-9)12-10(19)15(6)8-4(17)1-3(2-16)20-8/h3-4,8,16-17H,1-2H2,(H,12,19)(H3,11,13,14,18)/t3-,4+,8+/m0/s1. The zero-order valence-electron chi connectivity index (χ0n) is 10.2. The molecule has 3 atom stereocenters. The molecule has 1 aliphatic heterocycles. The molecule has 6 N–H and O–H groups in total. The van der Waals surface area contributed by atoms with Crippen LogP contribution in [0.5, 0.6) is 0 Å². The SMILES string of the molecule is Nc1nc2c([nH]c(=O)n2[C@@H]2O[C@H](CO)C[C@H]2O)c(=O)[nH]1. The van der Waals surface area contributed by atoms with Crippen LogP contribution in [0.25, 0.3) is 11.2 Å². The number of rotatable bonds is 2. The third-order valence-corrected chi connectivity index (χ3v) is 3.22. The molecule has 0 amide bonds. The number of nitrogen functional groups attached to an aromatic ring is 1. The van der Waals surface area contributed by atoms with Gasteiger partial charge in [-0.05, 0) is 0 Å². The first-order valence-corrected chi connectivity index (χ1v) is 5.95. The van der Waals surface area contributed by atoms with E-state index < -0.39 is 29.7 Å². The van der Waals surface area contributed by atoms with Crippen molar-refractivity contribution in [2.75, 3.05) is 12.3 Å². The topological polar surface area (TPSA) is 159 Å². The van der Waals surface area contributed by atoms with E-state index in [9.17, 15) is 14.7 Å². The molecule has 10 nitrogen and oxygen atoms in total. The molecule has 0 aliphatic carbocycles. The maximum atomic E-state index is 11.9. The van der Waals surface area contributed by atoms with Crippen LogP contribution in [0.3, 0.4) is 0 Å². The van der Waals surface area contributed by atoms with Gasteiger partial charge in [0.1, 0.15) is 6.10 Å². The van der Waals surface area contributed by atoms with Crippen molar-refractivity contribution in [3.63, 3.8) is 0 Å². The maximum Gasteiger partial charge on any atom is 0.330 e. The first kappa shape index (κ1) is 12.8. The van der Waals surface area contributed by atoms with Crippen molar-refractivity contribution in [2.45, 2.75) is 24.9 Å². The average Bonchev–Trinajstić information content (AvgIpc) is 2.89. The largest absolute Gasteiger partial charge is 0.394 e. The summed E-state index contributed by atoms with van der Waals surface area (Å²) in [6, 6.07) is 0. The lowest BCUT2D eigenvalue weighted by Crippen LogP contribution is -2.29. The number of fused-ring (bicyclic) bond motifs is 1. The van der Waals surface area contributed by atoms with Crippen LogP contribution >= 0.6 is 0 Å². The highest BCUT2D eigenvalue weighted by Gasteiger charge is 2.37. The van der Waals surface area contributed by atoms with Gasteiger partial charge in [0, 0.05) is 6.42 Å². The van der Waals surface area contributed by atoms with E-state index >= 15 is 0 Å². The van der Waals surface area contributed by atoms with Crippen molar-refractivity contribution >= 4 is 17.1 Å². The molecule has 10 heteroatoms. The molecule has 0 unspecified atom stereocenters. The number of hydrogen-bond acceptors (Lipinski definition) is 7. The zero-order chi connectivity index (χ0) is 14.4. The molecule has 3 heterocycles. The van der Waals surface area contributed by atoms with Crippen molar-refractivity contribution < 1.29 is 14.9 Å². The molecule has 0 bridgehead atoms. The highest BCUT2D eigenvalue weighted by molar-refractivity contribution is 5.70. The van der Waals surface area contributed by atoms with Gasteiger partial charge in [0.2, 0.25) is 5.95 Å². The second kappa shape index (κ2) is 4.44. The summed E-state index contributed by atoms with van der Waals surface area (Å²) < 4.78 is 6.41. The van der Waals surface area contributed by atoms with Gasteiger partial charge in [-0.1, -0.05) is 0 Å². The molecule has 1 aliphatic rings. The van der Waals surface area contributed by atoms with E-state index in [-0.39, 0.29) is 30.1 Å². The summed E-state index contributed by atoms with van der Waals surface area (Å²) in [6.07, 6.45) is -2.42. The summed E-state index contributed by atoms with van der Waals surface area (Å²) in [5.41, 5.74) is 4.17. The molecular formula is C10H13N5O5. The number of hydrogen-bond donors (Lipinski definition) is 5. The van der Waals surface area contributed by atoms with E-state index in [1.165, 1.54) is 0 Å². The number of nitrogens with zero attached hydrogens (tertiary/aromatic N) is 2. The van der Waals surface area contributed by atoms with Gasteiger partial charge in [-0.15, -0.1) is 0 Å². The van der Waals surface area contributed by atoms with E-state index in [4.69, 9.17) is 15.6 Å². The summed E-state index contributed by atoms with van der Waals surface area (Å²) >= 11 is 0. The molecular weight excluding hydrogens is 270 g/mol. The lowest BCUT2D eigenvalue weighted by molar-refractivity contribution is -0.0502. The Morgan fingerprint density at radius 3 is 2.85 bits per heavy atom. The van der Waals surface area contributed by atoms with E-state index in [0.717, 1.165) is 4.57 Å². The minimum Gasteiger partial charge on any atom is -0.394 e. The number of aromatic nitrogens is 4. The number of aliphatic hydroxyl groups is 2.